The van der Waals surface area contributed by atoms with Gasteiger partial charge in [0.2, 0.25) is 0 Å². The molecule has 0 spiro atoms. The van der Waals surface area contributed by atoms with Gasteiger partial charge in [-0.2, -0.15) is 0 Å². The van der Waals surface area contributed by atoms with Gasteiger partial charge >= 0.3 is 0 Å². The highest BCUT2D eigenvalue weighted by Crippen LogP contribution is 2.22. The van der Waals surface area contributed by atoms with E-state index >= 15 is 0 Å². The zero-order chi connectivity index (χ0) is 14.4. The van der Waals surface area contributed by atoms with Crippen LogP contribution in [0.2, 0.25) is 5.15 Å². The summed E-state index contributed by atoms with van der Waals surface area (Å²) >= 11 is 6.12. The minimum Gasteiger partial charge on any atom is -0.366 e. The topological polar surface area (TPSA) is 41.1 Å². The molecule has 0 bridgehead atoms. The van der Waals surface area contributed by atoms with E-state index in [1.807, 2.05) is 0 Å². The Balaban J connectivity index is 2.86. The normalized spacial score (nSPS) is 13.1. The Kier molecular flexibility index (Phi) is 6.52. The summed E-state index contributed by atoms with van der Waals surface area (Å²) in [5.41, 5.74) is 0.997. The maximum atomic E-state index is 6.12. The molecule has 0 amide bonds. The third-order valence-electron chi connectivity index (χ3n) is 2.93. The van der Waals surface area contributed by atoms with Crippen molar-refractivity contribution >= 4 is 17.4 Å². The van der Waals surface area contributed by atoms with Crippen LogP contribution < -0.4 is 5.32 Å². The molecule has 0 fully saturated rings. The van der Waals surface area contributed by atoms with Crippen molar-refractivity contribution in [3.63, 3.8) is 0 Å². The first kappa shape index (κ1) is 16.2. The molecule has 1 aromatic heterocycles. The number of aromatic nitrogens is 2. The summed E-state index contributed by atoms with van der Waals surface area (Å²) in [5.74, 6) is 1.51. The monoisotopic (exact) mass is 284 g/mol. The minimum absolute atomic E-state index is 0.367. The Morgan fingerprint density at radius 1 is 1.32 bits per heavy atom. The molecule has 1 unspecified atom stereocenters. The average molecular weight is 285 g/mol. The molecule has 0 aliphatic carbocycles. The summed E-state index contributed by atoms with van der Waals surface area (Å²) < 4.78 is 0. The van der Waals surface area contributed by atoms with Crippen LogP contribution in [0.3, 0.4) is 0 Å². The molecule has 1 heterocycles. The zero-order valence-electron chi connectivity index (χ0n) is 12.6. The van der Waals surface area contributed by atoms with E-state index in [-0.39, 0.29) is 0 Å². The highest BCUT2D eigenvalue weighted by Gasteiger charge is 2.15. The Morgan fingerprint density at radius 3 is 2.53 bits per heavy atom. The Labute approximate surface area is 121 Å². The number of rotatable bonds is 7. The lowest BCUT2D eigenvalue weighted by molar-refractivity contribution is 0.356. The molecule has 0 saturated heterocycles. The second-order valence-electron chi connectivity index (χ2n) is 5.58. The number of likely N-dealkylation sites (N-methyl/N-ethyl adjacent to an activating group) is 1. The Morgan fingerprint density at radius 2 is 2.00 bits per heavy atom. The highest BCUT2D eigenvalue weighted by molar-refractivity contribution is 6.30. The molecule has 0 aromatic carbocycles. The summed E-state index contributed by atoms with van der Waals surface area (Å²) in [4.78, 5) is 10.6. The van der Waals surface area contributed by atoms with E-state index in [0.29, 0.717) is 17.1 Å². The van der Waals surface area contributed by atoms with E-state index in [1.54, 1.807) is 0 Å². The fourth-order valence-corrected chi connectivity index (χ4v) is 2.48. The number of hydrogen-bond acceptors (Lipinski definition) is 4. The van der Waals surface area contributed by atoms with Gasteiger partial charge in [0.1, 0.15) is 17.3 Å². The van der Waals surface area contributed by atoms with Crippen LogP contribution in [-0.4, -0.2) is 41.5 Å². The molecule has 1 rings (SSSR count). The van der Waals surface area contributed by atoms with E-state index in [9.17, 15) is 0 Å². The lowest BCUT2D eigenvalue weighted by atomic mass is 10.0. The van der Waals surface area contributed by atoms with Gasteiger partial charge < -0.3 is 10.2 Å². The van der Waals surface area contributed by atoms with Crippen molar-refractivity contribution < 1.29 is 0 Å². The molecule has 0 radical (unpaired) electrons. The maximum Gasteiger partial charge on any atom is 0.137 e. The summed E-state index contributed by atoms with van der Waals surface area (Å²) in [7, 11) is 4.17. The Hall–Kier alpha value is -0.870. The van der Waals surface area contributed by atoms with Crippen molar-refractivity contribution in [3.05, 3.63) is 17.0 Å². The van der Waals surface area contributed by atoms with Crippen molar-refractivity contribution in [2.45, 2.75) is 39.7 Å². The van der Waals surface area contributed by atoms with Crippen LogP contribution >= 0.6 is 11.6 Å². The number of halogens is 1. The molecule has 108 valence electrons. The molecule has 1 atom stereocenters. The number of hydrogen-bond donors (Lipinski definition) is 1. The fourth-order valence-electron chi connectivity index (χ4n) is 2.21. The SMILES string of the molecule is CCc1c(Cl)ncnc1NC(CC(C)C)CN(C)C. The first-order chi connectivity index (χ1) is 8.93. The molecule has 1 N–H and O–H groups in total. The van der Waals surface area contributed by atoms with Crippen LogP contribution in [0.25, 0.3) is 0 Å². The van der Waals surface area contributed by atoms with E-state index < -0.39 is 0 Å². The molecule has 5 heteroatoms. The lowest BCUT2D eigenvalue weighted by Gasteiger charge is -2.25. The maximum absolute atomic E-state index is 6.12. The van der Waals surface area contributed by atoms with Gasteiger partial charge in [-0.25, -0.2) is 9.97 Å². The van der Waals surface area contributed by atoms with E-state index in [2.05, 4.69) is 55.1 Å². The van der Waals surface area contributed by atoms with Crippen LogP contribution in [0.4, 0.5) is 5.82 Å². The van der Waals surface area contributed by atoms with Crippen LogP contribution in [0.5, 0.6) is 0 Å². The molecule has 0 saturated carbocycles. The molecule has 0 aliphatic rings. The van der Waals surface area contributed by atoms with Gasteiger partial charge in [0.15, 0.2) is 0 Å². The highest BCUT2D eigenvalue weighted by atomic mass is 35.5. The third-order valence-corrected chi connectivity index (χ3v) is 3.25. The zero-order valence-corrected chi connectivity index (χ0v) is 13.3. The standard InChI is InChI=1S/C14H25ClN4/c1-6-12-13(15)16-9-17-14(12)18-11(7-10(2)3)8-19(4)5/h9-11H,6-8H2,1-5H3,(H,16,17,18). The quantitative estimate of drug-likeness (QED) is 0.781. The number of nitrogens with zero attached hydrogens (tertiary/aromatic N) is 3. The smallest absolute Gasteiger partial charge is 0.137 e. The first-order valence-corrected chi connectivity index (χ1v) is 7.22. The third kappa shape index (κ3) is 5.33. The molecular weight excluding hydrogens is 260 g/mol. The molecule has 1 aromatic rings. The second-order valence-corrected chi connectivity index (χ2v) is 5.94. The molecule has 19 heavy (non-hydrogen) atoms. The van der Waals surface area contributed by atoms with Gasteiger partial charge in [-0.15, -0.1) is 0 Å². The predicted molar refractivity (Wildman–Crippen MR) is 81.8 cm³/mol. The minimum atomic E-state index is 0.367. The van der Waals surface area contributed by atoms with Gasteiger partial charge in [-0.3, -0.25) is 0 Å². The van der Waals surface area contributed by atoms with E-state index in [0.717, 1.165) is 30.8 Å². The molecular formula is C14H25ClN4. The summed E-state index contributed by atoms with van der Waals surface area (Å²) in [6.45, 7) is 7.51. The van der Waals surface area contributed by atoms with Crippen LogP contribution in [0.1, 0.15) is 32.8 Å². The van der Waals surface area contributed by atoms with Gasteiger partial charge in [0, 0.05) is 18.2 Å². The molecule has 4 nitrogen and oxygen atoms in total. The number of anilines is 1. The van der Waals surface area contributed by atoms with Crippen LogP contribution in [-0.2, 0) is 6.42 Å². The van der Waals surface area contributed by atoms with Gasteiger partial charge in [-0.05, 0) is 32.9 Å². The second kappa shape index (κ2) is 7.65. The van der Waals surface area contributed by atoms with Crippen molar-refractivity contribution in [1.82, 2.24) is 14.9 Å². The van der Waals surface area contributed by atoms with Crippen molar-refractivity contribution in [3.8, 4) is 0 Å². The van der Waals surface area contributed by atoms with Gasteiger partial charge in [0.05, 0.1) is 0 Å². The van der Waals surface area contributed by atoms with Crippen molar-refractivity contribution in [1.29, 1.82) is 0 Å². The Bertz CT molecular complexity index is 383. The van der Waals surface area contributed by atoms with E-state index in [1.165, 1.54) is 6.33 Å². The van der Waals surface area contributed by atoms with Gasteiger partial charge in [-0.1, -0.05) is 32.4 Å². The first-order valence-electron chi connectivity index (χ1n) is 6.84. The van der Waals surface area contributed by atoms with Crippen molar-refractivity contribution in [2.24, 2.45) is 5.92 Å². The number of nitrogens with one attached hydrogen (secondary N) is 1. The molecule has 0 aliphatic heterocycles. The predicted octanol–water partition coefficient (Wildman–Crippen LogP) is 3.08. The summed E-state index contributed by atoms with van der Waals surface area (Å²) in [5, 5.41) is 4.07. The van der Waals surface area contributed by atoms with E-state index in [4.69, 9.17) is 11.6 Å². The van der Waals surface area contributed by atoms with Crippen molar-refractivity contribution in [2.75, 3.05) is 26.0 Å². The summed E-state index contributed by atoms with van der Waals surface area (Å²) in [6, 6.07) is 0.367. The lowest BCUT2D eigenvalue weighted by Crippen LogP contribution is -2.34. The van der Waals surface area contributed by atoms with Crippen LogP contribution in [0, 0.1) is 5.92 Å². The summed E-state index contributed by atoms with van der Waals surface area (Å²) in [6.07, 6.45) is 3.45. The van der Waals surface area contributed by atoms with Crippen LogP contribution in [0.15, 0.2) is 6.33 Å². The van der Waals surface area contributed by atoms with Gasteiger partial charge in [0.25, 0.3) is 0 Å². The largest absolute Gasteiger partial charge is 0.366 e. The fraction of sp³-hybridized carbons (Fsp3) is 0.714. The average Bonchev–Trinajstić information content (AvgIpc) is 2.27.